The van der Waals surface area contributed by atoms with Gasteiger partial charge in [-0.05, 0) is 203 Å². The number of piperazine rings is 1. The Bertz CT molecular complexity index is 3970. The normalized spacial score (nSPS) is 16.4. The van der Waals surface area contributed by atoms with E-state index in [1.807, 2.05) is 11.9 Å². The highest BCUT2D eigenvalue weighted by atomic mass is 32.2. The molecule has 0 atom stereocenters. The minimum atomic E-state index is -4.20. The van der Waals surface area contributed by atoms with Crippen molar-refractivity contribution in [2.45, 2.75) is 145 Å². The van der Waals surface area contributed by atoms with Crippen molar-refractivity contribution in [3.63, 3.8) is 0 Å². The van der Waals surface area contributed by atoms with E-state index in [0.29, 0.717) is 23.2 Å². The SMILES string of the molecule is CN1CCN(c2cncc(S(=O)(=O)NC(=O)Nc3c4c(cc5c3CCC5)CCC4)n2)CC1.Cc1cc(N(C)C)nc(S(=O)(=O)NC(=O)Nc2c3c(cc4c2CCC4)CCC3)n1.Cc1ncc(S(=O)(=O)NC(=O)Nc2c3c(cc4c2CCC4)CCC3)cn1. The molecule has 1 fully saturated rings. The van der Waals surface area contributed by atoms with Crippen molar-refractivity contribution in [3.8, 4) is 0 Å². The van der Waals surface area contributed by atoms with Crippen LogP contribution in [0.4, 0.5) is 43.1 Å². The fraction of sp³-hybridized carbons (Fsp3) is 0.450. The summed E-state index contributed by atoms with van der Waals surface area (Å²) < 4.78 is 82.2. The van der Waals surface area contributed by atoms with E-state index >= 15 is 0 Å². The van der Waals surface area contributed by atoms with Crippen LogP contribution < -0.4 is 39.9 Å². The second kappa shape index (κ2) is 25.1. The predicted molar refractivity (Wildman–Crippen MR) is 329 cm³/mol. The highest BCUT2D eigenvalue weighted by Gasteiger charge is 2.32. The van der Waals surface area contributed by atoms with Crippen molar-refractivity contribution in [2.24, 2.45) is 0 Å². The Balaban J connectivity index is 0.000000136. The van der Waals surface area contributed by atoms with E-state index in [-0.39, 0.29) is 9.92 Å². The van der Waals surface area contributed by atoms with Crippen LogP contribution >= 0.6 is 0 Å². The maximum atomic E-state index is 12.9. The van der Waals surface area contributed by atoms with Gasteiger partial charge >= 0.3 is 28.1 Å². The molecule has 6 aromatic rings. The first kappa shape index (κ1) is 60.8. The van der Waals surface area contributed by atoms with Gasteiger partial charge in [-0.25, -0.2) is 56.9 Å². The summed E-state index contributed by atoms with van der Waals surface area (Å²) >= 11 is 0. The van der Waals surface area contributed by atoms with Crippen LogP contribution in [-0.4, -0.2) is 125 Å². The van der Waals surface area contributed by atoms with Gasteiger partial charge in [0.2, 0.25) is 0 Å². The zero-order valence-corrected chi connectivity index (χ0v) is 52.0. The Hall–Kier alpha value is -7.88. The third-order valence-corrected chi connectivity index (χ3v) is 20.7. The lowest BCUT2D eigenvalue weighted by Crippen LogP contribution is -2.45. The number of fused-ring (bicyclic) bond motifs is 6. The third kappa shape index (κ3) is 13.5. The molecule has 1 saturated heterocycles. The van der Waals surface area contributed by atoms with Crippen molar-refractivity contribution in [1.82, 2.24) is 49.0 Å². The number of carbonyl (C=O) groups excluding carboxylic acids is 3. The number of urea groups is 3. The number of rotatable bonds is 11. The van der Waals surface area contributed by atoms with Crippen LogP contribution in [0, 0.1) is 13.8 Å². The average Bonchev–Trinajstić information content (AvgIpc) is 2.21. The van der Waals surface area contributed by atoms with Gasteiger partial charge in [-0.1, -0.05) is 18.2 Å². The number of likely N-dealkylation sites (N-methyl/N-ethyl adjacent to an activating group) is 1. The van der Waals surface area contributed by atoms with Gasteiger partial charge in [-0.3, -0.25) is 4.98 Å². The van der Waals surface area contributed by atoms with Crippen LogP contribution in [0.1, 0.15) is 117 Å². The fourth-order valence-electron chi connectivity index (χ4n) is 12.9. The molecule has 6 N–H and O–H groups in total. The first-order chi connectivity index (χ1) is 41.6. The van der Waals surface area contributed by atoms with Crippen molar-refractivity contribution < 1.29 is 39.6 Å². The minimum absolute atomic E-state index is 0.137. The molecule has 460 valence electrons. The molecular formula is C60H73N15O9S3. The molecular weight excluding hydrogens is 1170 g/mol. The number of amides is 6. The zero-order valence-electron chi connectivity index (χ0n) is 49.6. The van der Waals surface area contributed by atoms with Crippen LogP contribution in [0.5, 0.6) is 0 Å². The van der Waals surface area contributed by atoms with E-state index < -0.39 is 53.3 Å². The summed E-state index contributed by atoms with van der Waals surface area (Å²) in [6, 6.07) is 6.17. The van der Waals surface area contributed by atoms with Gasteiger partial charge < -0.3 is 30.7 Å². The quantitative estimate of drug-likeness (QED) is 0.0772. The van der Waals surface area contributed by atoms with Gasteiger partial charge in [0.25, 0.3) is 25.2 Å². The summed E-state index contributed by atoms with van der Waals surface area (Å²) in [7, 11) is -6.80. The summed E-state index contributed by atoms with van der Waals surface area (Å²) in [5.74, 6) is 1.42. The summed E-state index contributed by atoms with van der Waals surface area (Å²) in [5.41, 5.74) is 17.4. The number of nitrogens with one attached hydrogen (secondary N) is 6. The minimum Gasteiger partial charge on any atom is -0.363 e. The maximum Gasteiger partial charge on any atom is 0.333 e. The molecule has 0 saturated carbocycles. The molecule has 6 aliphatic carbocycles. The van der Waals surface area contributed by atoms with E-state index in [4.69, 9.17) is 0 Å². The summed E-state index contributed by atoms with van der Waals surface area (Å²) in [5, 5.41) is 7.82. The standard InChI is InChI=1S/C22H28N6O3S.C20H25N5O3S.C18H20N4O3S/c1-27-8-10-28(11-9-27)19-13-23-14-20(24-19)32(30,31)26-22(29)25-21-17-6-2-4-15(17)12-16-5-3-7-18(16)21;1-12-10-17(25(2)3)22-20(21-12)29(27,28)24-19(26)23-18-15-8-4-6-13(15)11-14-7-5-9-16(14)18;1-11-19-9-14(10-20-11)26(24,25)22-18(23)21-17-15-6-2-4-12(15)8-13-5-3-7-16(13)17/h12-14H,2-11H2,1H3,(H2,25,26,29);10-11H,4-9H2,1-3H3,(H2,23,24,26);8-10H,2-7H2,1H3,(H2,21,22,23). The van der Waals surface area contributed by atoms with Crippen LogP contribution in [0.2, 0.25) is 0 Å². The first-order valence-corrected chi connectivity index (χ1v) is 34.1. The van der Waals surface area contributed by atoms with Crippen LogP contribution in [-0.2, 0) is 107 Å². The number of sulfonamides is 3. The molecule has 3 aromatic heterocycles. The molecule has 0 radical (unpaired) electrons. The topological polar surface area (TPSA) is 313 Å². The van der Waals surface area contributed by atoms with Gasteiger partial charge in [0.15, 0.2) is 5.03 Å². The van der Waals surface area contributed by atoms with Crippen LogP contribution in [0.25, 0.3) is 0 Å². The predicted octanol–water partition coefficient (Wildman–Crippen LogP) is 6.33. The van der Waals surface area contributed by atoms with Gasteiger partial charge in [-0.15, -0.1) is 0 Å². The second-order valence-electron chi connectivity index (χ2n) is 23.4. The Kier molecular flexibility index (Phi) is 17.5. The molecule has 87 heavy (non-hydrogen) atoms. The Morgan fingerprint density at radius 2 is 0.862 bits per heavy atom. The van der Waals surface area contributed by atoms with Crippen LogP contribution in [0.3, 0.4) is 0 Å². The van der Waals surface area contributed by atoms with Gasteiger partial charge in [0, 0.05) is 69.1 Å². The Morgan fingerprint density at radius 3 is 1.26 bits per heavy atom. The van der Waals surface area contributed by atoms with E-state index in [2.05, 4.69) is 83.1 Å². The smallest absolute Gasteiger partial charge is 0.333 e. The number of anilines is 5. The van der Waals surface area contributed by atoms with Crippen LogP contribution in [0.15, 0.2) is 64.1 Å². The van der Waals surface area contributed by atoms with Gasteiger partial charge in [-0.2, -0.15) is 21.8 Å². The Morgan fingerprint density at radius 1 is 0.471 bits per heavy atom. The summed E-state index contributed by atoms with van der Waals surface area (Å²) in [6.07, 6.45) is 22.9. The average molecular weight is 1240 g/mol. The molecule has 1 aliphatic heterocycles. The van der Waals surface area contributed by atoms with E-state index in [9.17, 15) is 39.6 Å². The molecule has 0 unspecified atom stereocenters. The highest BCUT2D eigenvalue weighted by Crippen LogP contribution is 2.41. The molecule has 13 rings (SSSR count). The lowest BCUT2D eigenvalue weighted by Gasteiger charge is -2.33. The number of hydrogen-bond acceptors (Lipinski definition) is 18. The molecule has 0 spiro atoms. The number of aromatic nitrogens is 6. The second-order valence-corrected chi connectivity index (χ2v) is 28.3. The lowest BCUT2D eigenvalue weighted by atomic mass is 9.99. The third-order valence-electron chi connectivity index (χ3n) is 17.1. The molecule has 27 heteroatoms. The first-order valence-electron chi connectivity index (χ1n) is 29.7. The summed E-state index contributed by atoms with van der Waals surface area (Å²) in [6.45, 7) is 6.56. The largest absolute Gasteiger partial charge is 0.363 e. The molecule has 7 aliphatic rings. The molecule has 0 bridgehead atoms. The molecule has 24 nitrogen and oxygen atoms in total. The number of carbonyl (C=O) groups is 3. The van der Waals surface area contributed by atoms with E-state index in [1.54, 1.807) is 45.1 Å². The monoisotopic (exact) mass is 1240 g/mol. The van der Waals surface area contributed by atoms with Crippen molar-refractivity contribution in [2.75, 3.05) is 73.1 Å². The number of nitrogens with zero attached hydrogens (tertiary/aromatic N) is 9. The number of hydrogen-bond donors (Lipinski definition) is 6. The molecule has 6 amide bonds. The van der Waals surface area contributed by atoms with E-state index in [0.717, 1.165) is 192 Å². The van der Waals surface area contributed by atoms with E-state index in [1.165, 1.54) is 52.0 Å². The fourth-order valence-corrected chi connectivity index (χ4v) is 15.4. The maximum absolute atomic E-state index is 12.9. The van der Waals surface area contributed by atoms with Gasteiger partial charge in [0.1, 0.15) is 22.4 Å². The molecule has 3 aromatic carbocycles. The summed E-state index contributed by atoms with van der Waals surface area (Å²) in [4.78, 5) is 67.7. The van der Waals surface area contributed by atoms with Crippen molar-refractivity contribution in [3.05, 3.63) is 127 Å². The van der Waals surface area contributed by atoms with Crippen molar-refractivity contribution >= 4 is 76.9 Å². The number of aryl methyl sites for hydroxylation is 8. The number of benzene rings is 3. The highest BCUT2D eigenvalue weighted by molar-refractivity contribution is 7.90. The van der Waals surface area contributed by atoms with Gasteiger partial charge in [0.05, 0.1) is 24.8 Å². The lowest BCUT2D eigenvalue weighted by molar-refractivity contribution is 0.255. The zero-order chi connectivity index (χ0) is 61.4. The Labute approximate surface area is 507 Å². The molecule has 4 heterocycles. The van der Waals surface area contributed by atoms with Crippen molar-refractivity contribution in [1.29, 1.82) is 0 Å².